The molecule has 2 heteroatoms. The fourth-order valence-corrected chi connectivity index (χ4v) is 4.48. The van der Waals surface area contributed by atoms with E-state index in [1.807, 2.05) is 12.1 Å². The second-order valence-corrected chi connectivity index (χ2v) is 8.06. The Bertz CT molecular complexity index is 697. The summed E-state index contributed by atoms with van der Waals surface area (Å²) in [6, 6.07) is 12.4. The molecule has 1 aliphatic rings. The maximum absolute atomic E-state index is 13.4. The van der Waals surface area contributed by atoms with E-state index in [4.69, 9.17) is 0 Å². The highest BCUT2D eigenvalue weighted by Gasteiger charge is 2.22. The van der Waals surface area contributed by atoms with E-state index in [1.54, 1.807) is 6.07 Å². The fraction of sp³-hybridized carbons (Fsp3) is 0.500. The minimum absolute atomic E-state index is 0.543. The number of halogens is 2. The van der Waals surface area contributed by atoms with Crippen LogP contribution in [-0.2, 0) is 0 Å². The molecule has 0 radical (unpaired) electrons. The number of hydrogen-bond acceptors (Lipinski definition) is 0. The minimum atomic E-state index is -0.798. The molecule has 26 heavy (non-hydrogen) atoms. The minimum Gasteiger partial charge on any atom is -0.204 e. The highest BCUT2D eigenvalue weighted by Crippen LogP contribution is 2.37. The van der Waals surface area contributed by atoms with Gasteiger partial charge in [0.05, 0.1) is 0 Å². The highest BCUT2D eigenvalue weighted by molar-refractivity contribution is 5.63. The highest BCUT2D eigenvalue weighted by atomic mass is 19.2. The van der Waals surface area contributed by atoms with E-state index >= 15 is 0 Å². The van der Waals surface area contributed by atoms with E-state index in [1.165, 1.54) is 62.6 Å². The zero-order chi connectivity index (χ0) is 18.5. The molecular formula is C24H30F2. The van der Waals surface area contributed by atoms with Crippen molar-refractivity contribution < 1.29 is 8.78 Å². The summed E-state index contributed by atoms with van der Waals surface area (Å²) in [7, 11) is 0. The molecule has 0 aliphatic heterocycles. The third-order valence-electron chi connectivity index (χ3n) is 6.08. The van der Waals surface area contributed by atoms with Gasteiger partial charge < -0.3 is 0 Å². The maximum atomic E-state index is 13.4. The van der Waals surface area contributed by atoms with Gasteiger partial charge in [0.15, 0.2) is 11.6 Å². The molecule has 0 bridgehead atoms. The zero-order valence-electron chi connectivity index (χ0n) is 16.0. The topological polar surface area (TPSA) is 0 Å². The Morgan fingerprint density at radius 1 is 0.846 bits per heavy atom. The lowest BCUT2D eigenvalue weighted by Gasteiger charge is -2.30. The van der Waals surface area contributed by atoms with Crippen molar-refractivity contribution in [3.63, 3.8) is 0 Å². The molecule has 1 atom stereocenters. The van der Waals surface area contributed by atoms with Gasteiger partial charge in [0, 0.05) is 0 Å². The Kier molecular flexibility index (Phi) is 6.45. The Morgan fingerprint density at radius 3 is 2.08 bits per heavy atom. The number of rotatable bonds is 6. The van der Waals surface area contributed by atoms with E-state index in [-0.39, 0.29) is 0 Å². The van der Waals surface area contributed by atoms with Gasteiger partial charge in [-0.2, -0.15) is 0 Å². The maximum Gasteiger partial charge on any atom is 0.159 e. The van der Waals surface area contributed by atoms with Crippen molar-refractivity contribution in [2.24, 2.45) is 11.8 Å². The average Bonchev–Trinajstić information content (AvgIpc) is 2.66. The predicted octanol–water partition coefficient (Wildman–Crippen LogP) is 7.73. The molecule has 2 aromatic rings. The molecule has 0 nitrogen and oxygen atoms in total. The third-order valence-corrected chi connectivity index (χ3v) is 6.08. The van der Waals surface area contributed by atoms with Crippen molar-refractivity contribution in [1.29, 1.82) is 0 Å². The molecule has 1 saturated carbocycles. The normalized spacial score (nSPS) is 21.5. The molecule has 0 amide bonds. The molecule has 0 spiro atoms. The summed E-state index contributed by atoms with van der Waals surface area (Å²) in [5.74, 6) is 0.763. The molecule has 1 aliphatic carbocycles. The molecule has 1 unspecified atom stereocenters. The Labute approximate surface area is 156 Å². The lowest BCUT2D eigenvalue weighted by atomic mass is 9.76. The van der Waals surface area contributed by atoms with Crippen LogP contribution in [0.2, 0.25) is 0 Å². The van der Waals surface area contributed by atoms with Gasteiger partial charge in [-0.25, -0.2) is 8.78 Å². The van der Waals surface area contributed by atoms with Crippen molar-refractivity contribution in [1.82, 2.24) is 0 Å². The standard InChI is InChI=1S/C24H30F2/c1-3-4-18-5-7-19(8-6-18)15-17(2)20-9-11-21(12-10-20)22-13-14-23(25)24(26)16-22/h9-14,16-19H,3-8,15H2,1-2H3. The van der Waals surface area contributed by atoms with Crippen LogP contribution in [0.3, 0.4) is 0 Å². The summed E-state index contributed by atoms with van der Waals surface area (Å²) in [4.78, 5) is 0. The molecule has 140 valence electrons. The monoisotopic (exact) mass is 356 g/mol. The quantitative estimate of drug-likeness (QED) is 0.496. The van der Waals surface area contributed by atoms with Crippen LogP contribution in [0.1, 0.15) is 70.3 Å². The van der Waals surface area contributed by atoms with Crippen LogP contribution in [-0.4, -0.2) is 0 Å². The van der Waals surface area contributed by atoms with Gasteiger partial charge in [0.1, 0.15) is 0 Å². The number of hydrogen-bond donors (Lipinski definition) is 0. The van der Waals surface area contributed by atoms with Crippen LogP contribution >= 0.6 is 0 Å². The number of benzene rings is 2. The van der Waals surface area contributed by atoms with E-state index in [0.29, 0.717) is 5.92 Å². The molecular weight excluding hydrogens is 326 g/mol. The zero-order valence-corrected chi connectivity index (χ0v) is 16.0. The van der Waals surface area contributed by atoms with Crippen LogP contribution in [0.25, 0.3) is 11.1 Å². The Hall–Kier alpha value is -1.70. The first-order valence-corrected chi connectivity index (χ1v) is 10.1. The van der Waals surface area contributed by atoms with Gasteiger partial charge in [-0.05, 0) is 53.0 Å². The second-order valence-electron chi connectivity index (χ2n) is 8.06. The predicted molar refractivity (Wildman–Crippen MR) is 105 cm³/mol. The van der Waals surface area contributed by atoms with Gasteiger partial charge in [0.25, 0.3) is 0 Å². The summed E-state index contributed by atoms with van der Waals surface area (Å²) in [6.45, 7) is 4.60. The van der Waals surface area contributed by atoms with Crippen molar-refractivity contribution in [2.75, 3.05) is 0 Å². The lowest BCUT2D eigenvalue weighted by Crippen LogP contribution is -2.16. The Morgan fingerprint density at radius 2 is 1.46 bits per heavy atom. The van der Waals surface area contributed by atoms with Crippen molar-refractivity contribution in [2.45, 2.75) is 64.7 Å². The van der Waals surface area contributed by atoms with Crippen molar-refractivity contribution in [3.8, 4) is 11.1 Å². The fourth-order valence-electron chi connectivity index (χ4n) is 4.48. The molecule has 0 N–H and O–H groups in total. The first-order valence-electron chi connectivity index (χ1n) is 10.1. The van der Waals surface area contributed by atoms with Gasteiger partial charge in [-0.15, -0.1) is 0 Å². The van der Waals surface area contributed by atoms with Gasteiger partial charge in [-0.3, -0.25) is 0 Å². The third kappa shape index (κ3) is 4.72. The largest absolute Gasteiger partial charge is 0.204 e. The summed E-state index contributed by atoms with van der Waals surface area (Å²) >= 11 is 0. The molecule has 0 heterocycles. The van der Waals surface area contributed by atoms with E-state index < -0.39 is 11.6 Å². The molecule has 2 aromatic carbocycles. The molecule has 1 fully saturated rings. The van der Waals surface area contributed by atoms with Crippen LogP contribution in [0.5, 0.6) is 0 Å². The van der Waals surface area contributed by atoms with E-state index in [0.717, 1.165) is 23.0 Å². The molecule has 3 rings (SSSR count). The summed E-state index contributed by atoms with van der Waals surface area (Å²) in [5.41, 5.74) is 2.99. The van der Waals surface area contributed by atoms with Crippen molar-refractivity contribution >= 4 is 0 Å². The van der Waals surface area contributed by atoms with Gasteiger partial charge in [0.2, 0.25) is 0 Å². The summed E-state index contributed by atoms with van der Waals surface area (Å²) in [5, 5.41) is 0. The van der Waals surface area contributed by atoms with Crippen LogP contribution in [0, 0.1) is 23.5 Å². The summed E-state index contributed by atoms with van der Waals surface area (Å²) < 4.78 is 26.5. The molecule has 0 saturated heterocycles. The lowest BCUT2D eigenvalue weighted by molar-refractivity contribution is 0.244. The van der Waals surface area contributed by atoms with Crippen molar-refractivity contribution in [3.05, 3.63) is 59.7 Å². The van der Waals surface area contributed by atoms with Crippen LogP contribution in [0.15, 0.2) is 42.5 Å². The Balaban J connectivity index is 1.58. The SMILES string of the molecule is CCCC1CCC(CC(C)c2ccc(-c3ccc(F)c(F)c3)cc2)CC1. The average molecular weight is 357 g/mol. The van der Waals surface area contributed by atoms with E-state index in [2.05, 4.69) is 26.0 Å². The first kappa shape index (κ1) is 19.1. The molecule has 0 aromatic heterocycles. The van der Waals surface area contributed by atoms with Gasteiger partial charge >= 0.3 is 0 Å². The van der Waals surface area contributed by atoms with Crippen LogP contribution < -0.4 is 0 Å². The van der Waals surface area contributed by atoms with Crippen LogP contribution in [0.4, 0.5) is 8.78 Å². The van der Waals surface area contributed by atoms with E-state index in [9.17, 15) is 8.78 Å². The van der Waals surface area contributed by atoms with Gasteiger partial charge in [-0.1, -0.05) is 82.7 Å². The second kappa shape index (κ2) is 8.79. The first-order chi connectivity index (χ1) is 12.6. The smallest absolute Gasteiger partial charge is 0.159 e. The summed E-state index contributed by atoms with van der Waals surface area (Å²) in [6.07, 6.45) is 9.53.